The maximum atomic E-state index is 11.5. The van der Waals surface area contributed by atoms with Crippen LogP contribution in [0.5, 0.6) is 0 Å². The lowest BCUT2D eigenvalue weighted by Crippen LogP contribution is -2.68. The van der Waals surface area contributed by atoms with E-state index < -0.39 is 123 Å². The first kappa shape index (κ1) is 37.8. The number of aliphatic hydroxyl groups excluding tert-OH is 11. The van der Waals surface area contributed by atoms with E-state index in [0.29, 0.717) is 6.42 Å². The molecule has 16 nitrogen and oxygen atoms in total. The van der Waals surface area contributed by atoms with Crippen molar-refractivity contribution >= 4 is 0 Å². The Labute approximate surface area is 256 Å². The Kier molecular flexibility index (Phi) is 13.3. The highest BCUT2D eigenvalue weighted by molar-refractivity contribution is 5.04. The molecule has 0 radical (unpaired) electrons. The average Bonchev–Trinajstić information content (AvgIpc) is 3.00. The Morgan fingerprint density at radius 3 is 1.55 bits per heavy atom. The Hall–Kier alpha value is -0.640. The predicted molar refractivity (Wildman–Crippen MR) is 147 cm³/mol. The lowest BCUT2D eigenvalue weighted by Gasteiger charge is -2.54. The van der Waals surface area contributed by atoms with Gasteiger partial charge in [-0.05, 0) is 26.2 Å². The highest BCUT2D eigenvalue weighted by Crippen LogP contribution is 2.45. The number of hydrogen-bond donors (Lipinski definition) is 11. The summed E-state index contributed by atoms with van der Waals surface area (Å²) in [4.78, 5) is 0. The maximum absolute atomic E-state index is 11.5. The fourth-order valence-corrected chi connectivity index (χ4v) is 7.12. The Morgan fingerprint density at radius 2 is 1.02 bits per heavy atom. The summed E-state index contributed by atoms with van der Waals surface area (Å²) in [5, 5.41) is 115. The van der Waals surface area contributed by atoms with Gasteiger partial charge in [0, 0.05) is 11.8 Å². The fraction of sp³-hybridized carbons (Fsp3) is 1.00. The lowest BCUT2D eigenvalue weighted by molar-refractivity contribution is -0.377. The molecular weight excluding hydrogens is 592 g/mol. The first-order valence-electron chi connectivity index (χ1n) is 15.3. The molecule has 3 saturated heterocycles. The molecule has 0 bridgehead atoms. The molecule has 3 fully saturated rings. The van der Waals surface area contributed by atoms with Crippen molar-refractivity contribution in [2.75, 3.05) is 19.8 Å². The molecule has 3 rings (SSSR count). The largest absolute Gasteiger partial charge is 0.394 e. The fourth-order valence-electron chi connectivity index (χ4n) is 7.12. The van der Waals surface area contributed by atoms with Crippen molar-refractivity contribution in [2.45, 2.75) is 144 Å². The highest BCUT2D eigenvalue weighted by atomic mass is 16.7. The highest BCUT2D eigenvalue weighted by Gasteiger charge is 2.59. The smallest absolute Gasteiger partial charge is 0.187 e. The predicted octanol–water partition coefficient (Wildman–Crippen LogP) is -3.96. The number of aliphatic hydroxyl groups is 11. The van der Waals surface area contributed by atoms with E-state index in [4.69, 9.17) is 23.7 Å². The number of ether oxygens (including phenoxy) is 5. The van der Waals surface area contributed by atoms with E-state index in [-0.39, 0.29) is 19.3 Å². The molecule has 0 amide bonds. The van der Waals surface area contributed by atoms with Gasteiger partial charge >= 0.3 is 0 Å². The minimum absolute atomic E-state index is 0.135. The molecule has 0 saturated carbocycles. The summed E-state index contributed by atoms with van der Waals surface area (Å²) >= 11 is 0. The zero-order valence-corrected chi connectivity index (χ0v) is 25.6. The monoisotopic (exact) mass is 644 g/mol. The Bertz CT molecular complexity index is 873. The van der Waals surface area contributed by atoms with Gasteiger partial charge in [0.25, 0.3) is 0 Å². The molecule has 3 aliphatic rings. The van der Waals surface area contributed by atoms with Crippen molar-refractivity contribution in [3.05, 3.63) is 0 Å². The van der Waals surface area contributed by atoms with E-state index in [9.17, 15) is 56.2 Å². The van der Waals surface area contributed by atoms with E-state index >= 15 is 0 Å². The molecule has 10 unspecified atom stereocenters. The zero-order chi connectivity index (χ0) is 33.1. The third-order valence-electron chi connectivity index (χ3n) is 9.63. The molecule has 3 heterocycles. The summed E-state index contributed by atoms with van der Waals surface area (Å²) in [7, 11) is 0. The topological polar surface area (TPSA) is 269 Å². The quantitative estimate of drug-likeness (QED) is 0.0913. The van der Waals surface area contributed by atoms with Crippen LogP contribution in [-0.4, -0.2) is 167 Å². The average molecular weight is 645 g/mol. The maximum Gasteiger partial charge on any atom is 0.187 e. The van der Waals surface area contributed by atoms with Crippen LogP contribution < -0.4 is 0 Å². The van der Waals surface area contributed by atoms with E-state index in [2.05, 4.69) is 0 Å². The summed E-state index contributed by atoms with van der Waals surface area (Å²) in [6.07, 6.45) is -19.5. The third kappa shape index (κ3) is 7.11. The molecule has 260 valence electrons. The summed E-state index contributed by atoms with van der Waals surface area (Å²) in [5.41, 5.74) is -2.91. The zero-order valence-electron chi connectivity index (χ0n) is 25.6. The van der Waals surface area contributed by atoms with Gasteiger partial charge in [0.2, 0.25) is 0 Å². The first-order valence-corrected chi connectivity index (χ1v) is 15.3. The van der Waals surface area contributed by atoms with Gasteiger partial charge < -0.3 is 79.9 Å². The van der Waals surface area contributed by atoms with Crippen LogP contribution in [0.25, 0.3) is 0 Å². The number of hydrogen-bond acceptors (Lipinski definition) is 16. The second kappa shape index (κ2) is 15.5. The third-order valence-corrected chi connectivity index (χ3v) is 9.63. The number of rotatable bonds is 13. The van der Waals surface area contributed by atoms with Gasteiger partial charge in [-0.1, -0.05) is 27.2 Å². The van der Waals surface area contributed by atoms with Crippen LogP contribution in [0.2, 0.25) is 0 Å². The van der Waals surface area contributed by atoms with Gasteiger partial charge in [0.15, 0.2) is 18.9 Å². The van der Waals surface area contributed by atoms with Gasteiger partial charge in [-0.2, -0.15) is 0 Å². The van der Waals surface area contributed by atoms with Crippen LogP contribution in [0.15, 0.2) is 0 Å². The summed E-state index contributed by atoms with van der Waals surface area (Å²) in [6.45, 7) is 4.74. The van der Waals surface area contributed by atoms with Crippen LogP contribution in [0.4, 0.5) is 0 Å². The molecule has 0 aromatic rings. The van der Waals surface area contributed by atoms with E-state index in [1.165, 1.54) is 0 Å². The molecule has 0 aliphatic carbocycles. The molecule has 44 heavy (non-hydrogen) atoms. The molecule has 3 aliphatic heterocycles. The van der Waals surface area contributed by atoms with Crippen LogP contribution in [0.1, 0.15) is 53.4 Å². The second-order valence-corrected chi connectivity index (χ2v) is 12.3. The van der Waals surface area contributed by atoms with Crippen LogP contribution in [0, 0.1) is 11.8 Å². The SMILES string of the molecule is CCCC(C)(O[C@H]1OC(CO)[C@@H](C(CC)(CC)O[C@H]2OC(CO)[C@@H](O)C(O)C2O)C(O)C1O)[C@@H]1C(CO)O[C@H](O)C(O)C1O. The van der Waals surface area contributed by atoms with Gasteiger partial charge in [0.1, 0.15) is 36.6 Å². The van der Waals surface area contributed by atoms with Crippen LogP contribution >= 0.6 is 0 Å². The molecule has 0 spiro atoms. The molecule has 0 aromatic carbocycles. The molecule has 16 atom stereocenters. The van der Waals surface area contributed by atoms with Crippen molar-refractivity contribution in [2.24, 2.45) is 11.8 Å². The lowest BCUT2D eigenvalue weighted by atomic mass is 9.72. The van der Waals surface area contributed by atoms with Gasteiger partial charge in [0.05, 0.1) is 55.4 Å². The van der Waals surface area contributed by atoms with Crippen molar-refractivity contribution in [3.63, 3.8) is 0 Å². The van der Waals surface area contributed by atoms with Crippen molar-refractivity contribution in [1.29, 1.82) is 0 Å². The summed E-state index contributed by atoms with van der Waals surface area (Å²) < 4.78 is 29.3. The molecule has 16 heteroatoms. The summed E-state index contributed by atoms with van der Waals surface area (Å²) in [6, 6.07) is 0. The Balaban J connectivity index is 1.92. The van der Waals surface area contributed by atoms with Gasteiger partial charge in [-0.3, -0.25) is 0 Å². The van der Waals surface area contributed by atoms with Crippen LogP contribution in [-0.2, 0) is 23.7 Å². The van der Waals surface area contributed by atoms with Crippen molar-refractivity contribution in [1.82, 2.24) is 0 Å². The van der Waals surface area contributed by atoms with Gasteiger partial charge in [-0.25, -0.2) is 0 Å². The van der Waals surface area contributed by atoms with E-state index in [0.717, 1.165) is 0 Å². The van der Waals surface area contributed by atoms with Crippen molar-refractivity contribution in [3.8, 4) is 0 Å². The van der Waals surface area contributed by atoms with E-state index in [1.54, 1.807) is 20.8 Å². The van der Waals surface area contributed by atoms with Gasteiger partial charge in [-0.15, -0.1) is 0 Å². The minimum Gasteiger partial charge on any atom is -0.394 e. The minimum atomic E-state index is -1.76. The molecule has 0 aromatic heterocycles. The normalized spacial score (nSPS) is 45.2. The molecular formula is C28H52O16. The second-order valence-electron chi connectivity index (χ2n) is 12.3. The Morgan fingerprint density at radius 1 is 0.545 bits per heavy atom. The summed E-state index contributed by atoms with van der Waals surface area (Å²) in [5.74, 6) is -2.28. The van der Waals surface area contributed by atoms with Crippen LogP contribution in [0.3, 0.4) is 0 Å². The van der Waals surface area contributed by atoms with E-state index in [1.807, 2.05) is 6.92 Å². The first-order chi connectivity index (χ1) is 20.7. The standard InChI is InChI=1S/C28H52O16/c1-5-8-27(4,15-12(9-29)40-24(39)21(36)18(15)33)43-25-22(37)19(34)16(13(10-30)41-25)28(6-2,7-3)44-26-23(38)20(35)17(32)14(11-31)42-26/h12-26,29-39H,5-11H2,1-4H3/t12?,13?,14?,15-,16-,17-,18?,19?,20?,21?,22?,23?,24+,25-,26-,27?/m1/s1. The molecule has 11 N–H and O–H groups in total. The van der Waals surface area contributed by atoms with Crippen molar-refractivity contribution < 1.29 is 79.9 Å².